The van der Waals surface area contributed by atoms with Crippen LogP contribution in [0.25, 0.3) is 40.0 Å². The fraction of sp³-hybridized carbons (Fsp3) is 0.0682. The Morgan fingerprint density at radius 3 is 1.94 bits per heavy atom. The minimum Gasteiger partial charge on any atom is -0.457 e. The number of aromatic nitrogens is 3. The zero-order valence-electron chi connectivity index (χ0n) is 26.0. The van der Waals surface area contributed by atoms with E-state index in [4.69, 9.17) is 19.7 Å². The number of ether oxygens (including phenoxy) is 1. The molecule has 0 radical (unpaired) electrons. The van der Waals surface area contributed by atoms with E-state index >= 15 is 0 Å². The fourth-order valence-electron chi connectivity index (χ4n) is 8.07. The summed E-state index contributed by atoms with van der Waals surface area (Å²) in [5.41, 5.74) is 11.0. The Kier molecular flexibility index (Phi) is 5.88. The van der Waals surface area contributed by atoms with Crippen LogP contribution in [0.4, 0.5) is 0 Å². The van der Waals surface area contributed by atoms with E-state index in [0.717, 1.165) is 46.0 Å². The molecule has 2 heterocycles. The van der Waals surface area contributed by atoms with Crippen molar-refractivity contribution in [1.29, 1.82) is 0 Å². The zero-order chi connectivity index (χ0) is 31.7. The van der Waals surface area contributed by atoms with Crippen LogP contribution in [0.1, 0.15) is 51.5 Å². The molecule has 226 valence electrons. The number of nitrogens with zero attached hydrogens (tertiary/aromatic N) is 3. The summed E-state index contributed by atoms with van der Waals surface area (Å²) in [7, 11) is 0. The molecule has 1 aliphatic heterocycles. The Bertz CT molecular complexity index is 2380. The Balaban J connectivity index is 1.22. The van der Waals surface area contributed by atoms with Gasteiger partial charge >= 0.3 is 0 Å². The molecule has 1 spiro atoms. The van der Waals surface area contributed by atoms with Crippen molar-refractivity contribution in [3.8, 4) is 45.4 Å². The van der Waals surface area contributed by atoms with Crippen molar-refractivity contribution in [3.63, 3.8) is 0 Å². The highest BCUT2D eigenvalue weighted by Crippen LogP contribution is 2.62. The molecule has 6 aromatic carbocycles. The van der Waals surface area contributed by atoms with Gasteiger partial charge in [0.1, 0.15) is 17.3 Å². The lowest BCUT2D eigenvalue weighted by atomic mass is 9.66. The number of hydrogen-bond donors (Lipinski definition) is 0. The smallest absolute Gasteiger partial charge is 0.163 e. The highest BCUT2D eigenvalue weighted by Gasteiger charge is 2.51. The first-order valence-electron chi connectivity index (χ1n) is 16.5. The first-order chi connectivity index (χ1) is 23.8. The quantitative estimate of drug-likeness (QED) is 0.198. The Labute approximate surface area is 279 Å². The lowest BCUT2D eigenvalue weighted by Crippen LogP contribution is -2.32. The molecule has 0 amide bonds. The number of fused-ring (bicyclic) bond motifs is 10. The summed E-state index contributed by atoms with van der Waals surface area (Å²) in [6.07, 6.45) is 5.26. The van der Waals surface area contributed by atoms with Crippen molar-refractivity contribution >= 4 is 6.08 Å². The second kappa shape index (κ2) is 10.4. The minimum atomic E-state index is -0.557. The Morgan fingerprint density at radius 2 is 1.15 bits per heavy atom. The van der Waals surface area contributed by atoms with E-state index in [2.05, 4.69) is 140 Å². The van der Waals surface area contributed by atoms with E-state index in [1.165, 1.54) is 33.4 Å². The topological polar surface area (TPSA) is 47.9 Å². The summed E-state index contributed by atoms with van der Waals surface area (Å²) in [5.74, 6) is 3.86. The zero-order valence-corrected chi connectivity index (χ0v) is 26.0. The number of allylic oxidation sites excluding steroid dienone is 1. The van der Waals surface area contributed by atoms with Crippen LogP contribution in [0.5, 0.6) is 11.5 Å². The molecular formula is C44H29N3O. The van der Waals surface area contributed by atoms with E-state index in [0.29, 0.717) is 11.6 Å². The van der Waals surface area contributed by atoms with E-state index in [1.54, 1.807) is 0 Å². The summed E-state index contributed by atoms with van der Waals surface area (Å²) in [5, 5.41) is 0. The summed E-state index contributed by atoms with van der Waals surface area (Å²) in [4.78, 5) is 15.5. The molecule has 48 heavy (non-hydrogen) atoms. The summed E-state index contributed by atoms with van der Waals surface area (Å²) in [6, 6.07) is 51.3. The van der Waals surface area contributed by atoms with Gasteiger partial charge in [-0.25, -0.2) is 15.0 Å². The van der Waals surface area contributed by atoms with Gasteiger partial charge in [-0.3, -0.25) is 0 Å². The third-order valence-electron chi connectivity index (χ3n) is 10.1. The van der Waals surface area contributed by atoms with Crippen molar-refractivity contribution < 1.29 is 4.74 Å². The third kappa shape index (κ3) is 3.86. The Morgan fingerprint density at radius 1 is 0.521 bits per heavy atom. The minimum absolute atomic E-state index is 0.0307. The molecule has 2 aliphatic carbocycles. The van der Waals surface area contributed by atoms with Gasteiger partial charge in [-0.2, -0.15) is 0 Å². The third-order valence-corrected chi connectivity index (χ3v) is 10.1. The molecule has 1 atom stereocenters. The summed E-state index contributed by atoms with van der Waals surface area (Å²) >= 11 is 0. The standard InChI is InChI=1S/C44H29N3O/c1-2-14-29(15-3-1)41-45-42(47-43(46-41)34-20-12-16-28-13-4-5-17-31(28)34)30-25-26-40-38(27-30)44(37-23-10-11-24-39(37)48-40)35-21-8-6-18-32(35)33-19-7-9-22-36(33)44/h1-19,21-27,34H,20H2. The first-order valence-corrected chi connectivity index (χ1v) is 16.5. The SMILES string of the molecule is C1=Cc2ccccc2C(c2nc(-c3ccccc3)nc(-c3ccc4c(c3)C3(c5ccccc5O4)c4ccccc4-c4ccccc43)n2)C1. The van der Waals surface area contributed by atoms with Crippen molar-refractivity contribution in [3.05, 3.63) is 191 Å². The monoisotopic (exact) mass is 615 g/mol. The van der Waals surface area contributed by atoms with Gasteiger partial charge < -0.3 is 4.74 Å². The van der Waals surface area contributed by atoms with Gasteiger partial charge in [0.2, 0.25) is 0 Å². The van der Waals surface area contributed by atoms with Gasteiger partial charge in [-0.1, -0.05) is 133 Å². The van der Waals surface area contributed by atoms with Crippen molar-refractivity contribution in [1.82, 2.24) is 15.0 Å². The van der Waals surface area contributed by atoms with Crippen molar-refractivity contribution in [2.75, 3.05) is 0 Å². The fourth-order valence-corrected chi connectivity index (χ4v) is 8.07. The molecule has 3 aliphatic rings. The van der Waals surface area contributed by atoms with E-state index in [-0.39, 0.29) is 5.92 Å². The van der Waals surface area contributed by atoms with Gasteiger partial charge in [-0.05, 0) is 64.1 Å². The number of rotatable bonds is 3. The number of para-hydroxylation sites is 1. The molecule has 7 aromatic rings. The number of hydrogen-bond acceptors (Lipinski definition) is 4. The van der Waals surface area contributed by atoms with Crippen molar-refractivity contribution in [2.45, 2.75) is 17.8 Å². The van der Waals surface area contributed by atoms with Crippen LogP contribution in [-0.2, 0) is 5.41 Å². The molecule has 10 rings (SSSR count). The van der Waals surface area contributed by atoms with Crippen LogP contribution in [0.2, 0.25) is 0 Å². The summed E-state index contributed by atoms with van der Waals surface area (Å²) in [6.45, 7) is 0. The van der Waals surface area contributed by atoms with Crippen LogP contribution >= 0.6 is 0 Å². The maximum atomic E-state index is 6.68. The average molecular weight is 616 g/mol. The molecule has 0 saturated carbocycles. The normalized spacial score (nSPS) is 15.9. The lowest BCUT2D eigenvalue weighted by Gasteiger charge is -2.39. The largest absolute Gasteiger partial charge is 0.457 e. The van der Waals surface area contributed by atoms with E-state index < -0.39 is 5.41 Å². The van der Waals surface area contributed by atoms with Gasteiger partial charge in [0, 0.05) is 28.2 Å². The second-order valence-corrected chi connectivity index (χ2v) is 12.7. The highest BCUT2D eigenvalue weighted by molar-refractivity contribution is 5.89. The van der Waals surface area contributed by atoms with Crippen LogP contribution in [0.15, 0.2) is 152 Å². The molecule has 4 nitrogen and oxygen atoms in total. The van der Waals surface area contributed by atoms with Crippen LogP contribution < -0.4 is 4.74 Å². The van der Waals surface area contributed by atoms with Crippen molar-refractivity contribution in [2.24, 2.45) is 0 Å². The molecular weight excluding hydrogens is 587 g/mol. The predicted octanol–water partition coefficient (Wildman–Crippen LogP) is 10.2. The van der Waals surface area contributed by atoms with E-state index in [9.17, 15) is 0 Å². The average Bonchev–Trinajstić information content (AvgIpc) is 3.45. The molecule has 0 N–H and O–H groups in total. The van der Waals surface area contributed by atoms with Crippen LogP contribution in [0, 0.1) is 0 Å². The maximum absolute atomic E-state index is 6.68. The Hall–Kier alpha value is -6.13. The molecule has 0 fully saturated rings. The number of benzene rings is 6. The highest BCUT2D eigenvalue weighted by atomic mass is 16.5. The summed E-state index contributed by atoms with van der Waals surface area (Å²) < 4.78 is 6.68. The lowest BCUT2D eigenvalue weighted by molar-refractivity contribution is 0.436. The van der Waals surface area contributed by atoms with Gasteiger partial charge in [0.25, 0.3) is 0 Å². The van der Waals surface area contributed by atoms with Gasteiger partial charge in [-0.15, -0.1) is 0 Å². The van der Waals surface area contributed by atoms with E-state index in [1.807, 2.05) is 18.2 Å². The van der Waals surface area contributed by atoms with Crippen LogP contribution in [0.3, 0.4) is 0 Å². The maximum Gasteiger partial charge on any atom is 0.163 e. The molecule has 4 heteroatoms. The molecule has 0 bridgehead atoms. The molecule has 1 aromatic heterocycles. The first kappa shape index (κ1) is 27.0. The molecule has 1 unspecified atom stereocenters. The predicted molar refractivity (Wildman–Crippen MR) is 190 cm³/mol. The van der Waals surface area contributed by atoms with Gasteiger partial charge in [0.15, 0.2) is 11.6 Å². The van der Waals surface area contributed by atoms with Crippen LogP contribution in [-0.4, -0.2) is 15.0 Å². The second-order valence-electron chi connectivity index (χ2n) is 12.7. The molecule has 0 saturated heterocycles. The van der Waals surface area contributed by atoms with Gasteiger partial charge in [0.05, 0.1) is 5.41 Å².